The first kappa shape index (κ1) is 10.4. The van der Waals surface area contributed by atoms with E-state index < -0.39 is 0 Å². The normalized spacial score (nSPS) is 11.1. The van der Waals surface area contributed by atoms with Gasteiger partial charge in [-0.05, 0) is 45.1 Å². The van der Waals surface area contributed by atoms with Crippen LogP contribution in [0, 0.1) is 0 Å². The Balaban J connectivity index is 2.67. The topological polar surface area (TPSA) is 20.2 Å². The van der Waals surface area contributed by atoms with Crippen LogP contribution >= 0.6 is 38.9 Å². The third kappa shape index (κ3) is 1.82. The summed E-state index contributed by atoms with van der Waals surface area (Å²) in [6.07, 6.45) is 0. The number of fused-ring (bicyclic) bond motifs is 1. The van der Waals surface area contributed by atoms with E-state index >= 15 is 0 Å². The lowest BCUT2D eigenvalue weighted by atomic mass is 10.2. The SMILES string of the molecule is OCc1cc2cc(CCl)cc(Br)c2s1. The number of halogens is 2. The molecular weight excluding hydrogens is 284 g/mol. The third-order valence-electron chi connectivity index (χ3n) is 1.99. The van der Waals surface area contributed by atoms with Crippen LogP contribution in [-0.4, -0.2) is 5.11 Å². The van der Waals surface area contributed by atoms with Gasteiger partial charge in [0.25, 0.3) is 0 Å². The molecule has 0 saturated heterocycles. The van der Waals surface area contributed by atoms with Crippen molar-refractivity contribution in [2.45, 2.75) is 12.5 Å². The Labute approximate surface area is 99.4 Å². The lowest BCUT2D eigenvalue weighted by molar-refractivity contribution is 0.285. The number of hydrogen-bond acceptors (Lipinski definition) is 2. The second-order valence-corrected chi connectivity index (χ2v) is 5.26. The van der Waals surface area contributed by atoms with Crippen molar-refractivity contribution in [3.05, 3.63) is 33.1 Å². The van der Waals surface area contributed by atoms with Crippen molar-refractivity contribution >= 4 is 49.0 Å². The number of thiophene rings is 1. The van der Waals surface area contributed by atoms with Gasteiger partial charge in [-0.2, -0.15) is 0 Å². The summed E-state index contributed by atoms with van der Waals surface area (Å²) < 4.78 is 2.22. The molecule has 0 saturated carbocycles. The van der Waals surface area contributed by atoms with Gasteiger partial charge in [-0.1, -0.05) is 0 Å². The predicted octanol–water partition coefficient (Wildman–Crippen LogP) is 3.89. The summed E-state index contributed by atoms with van der Waals surface area (Å²) in [6, 6.07) is 6.08. The van der Waals surface area contributed by atoms with Crippen molar-refractivity contribution in [2.24, 2.45) is 0 Å². The number of alkyl halides is 1. The van der Waals surface area contributed by atoms with Crippen LogP contribution in [0.1, 0.15) is 10.4 Å². The highest BCUT2D eigenvalue weighted by atomic mass is 79.9. The molecule has 0 unspecified atom stereocenters. The lowest BCUT2D eigenvalue weighted by Gasteiger charge is -1.98. The van der Waals surface area contributed by atoms with Gasteiger partial charge in [0.2, 0.25) is 0 Å². The van der Waals surface area contributed by atoms with Crippen LogP contribution in [0.2, 0.25) is 0 Å². The first-order valence-corrected chi connectivity index (χ1v) is 6.26. The van der Waals surface area contributed by atoms with E-state index in [0.717, 1.165) is 20.3 Å². The maximum Gasteiger partial charge on any atom is 0.0774 e. The van der Waals surface area contributed by atoms with Crippen LogP contribution < -0.4 is 0 Å². The van der Waals surface area contributed by atoms with Crippen molar-refractivity contribution in [3.8, 4) is 0 Å². The van der Waals surface area contributed by atoms with Gasteiger partial charge < -0.3 is 5.11 Å². The first-order valence-electron chi connectivity index (χ1n) is 4.12. The lowest BCUT2D eigenvalue weighted by Crippen LogP contribution is -1.77. The summed E-state index contributed by atoms with van der Waals surface area (Å²) in [7, 11) is 0. The van der Waals surface area contributed by atoms with E-state index in [0.29, 0.717) is 5.88 Å². The van der Waals surface area contributed by atoms with Gasteiger partial charge in [0.15, 0.2) is 0 Å². The molecule has 2 rings (SSSR count). The zero-order chi connectivity index (χ0) is 10.1. The largest absolute Gasteiger partial charge is 0.391 e. The van der Waals surface area contributed by atoms with E-state index in [2.05, 4.69) is 22.0 Å². The molecule has 1 heterocycles. The molecule has 0 aliphatic rings. The molecule has 14 heavy (non-hydrogen) atoms. The molecule has 0 fully saturated rings. The Hall–Kier alpha value is -0.0900. The highest BCUT2D eigenvalue weighted by molar-refractivity contribution is 9.10. The molecule has 0 aliphatic heterocycles. The van der Waals surface area contributed by atoms with Crippen molar-refractivity contribution < 1.29 is 5.11 Å². The number of benzene rings is 1. The summed E-state index contributed by atoms with van der Waals surface area (Å²) >= 11 is 10.9. The predicted molar refractivity (Wildman–Crippen MR) is 65.0 cm³/mol. The molecule has 1 nitrogen and oxygen atoms in total. The quantitative estimate of drug-likeness (QED) is 0.832. The average molecular weight is 292 g/mol. The molecule has 2 aromatic rings. The van der Waals surface area contributed by atoms with Gasteiger partial charge >= 0.3 is 0 Å². The standard InChI is InChI=1S/C10H8BrClOS/c11-9-2-6(4-12)1-7-3-8(5-13)14-10(7)9/h1-3,13H,4-5H2. The van der Waals surface area contributed by atoms with Crippen molar-refractivity contribution in [1.29, 1.82) is 0 Å². The van der Waals surface area contributed by atoms with Gasteiger partial charge in [-0.3, -0.25) is 0 Å². The summed E-state index contributed by atoms with van der Waals surface area (Å²) in [5, 5.41) is 10.2. The van der Waals surface area contributed by atoms with Gasteiger partial charge in [-0.25, -0.2) is 0 Å². The van der Waals surface area contributed by atoms with Crippen LogP contribution in [0.25, 0.3) is 10.1 Å². The number of aliphatic hydroxyl groups excluding tert-OH is 1. The van der Waals surface area contributed by atoms with E-state index in [1.54, 1.807) is 11.3 Å². The summed E-state index contributed by atoms with van der Waals surface area (Å²) in [5.74, 6) is 0.513. The Morgan fingerprint density at radius 1 is 1.36 bits per heavy atom. The maximum atomic E-state index is 9.03. The molecule has 0 bridgehead atoms. The number of rotatable bonds is 2. The Morgan fingerprint density at radius 2 is 2.14 bits per heavy atom. The Morgan fingerprint density at radius 3 is 2.79 bits per heavy atom. The minimum Gasteiger partial charge on any atom is -0.391 e. The van der Waals surface area contributed by atoms with Crippen LogP contribution in [0.3, 0.4) is 0 Å². The van der Waals surface area contributed by atoms with Gasteiger partial charge in [0, 0.05) is 19.9 Å². The van der Waals surface area contributed by atoms with Crippen LogP contribution in [0.5, 0.6) is 0 Å². The molecule has 4 heteroatoms. The fourth-order valence-electron chi connectivity index (χ4n) is 1.38. The molecule has 1 aromatic heterocycles. The molecule has 0 spiro atoms. The van der Waals surface area contributed by atoms with Gasteiger partial charge in [0.1, 0.15) is 0 Å². The van der Waals surface area contributed by atoms with Gasteiger partial charge in [0.05, 0.1) is 6.61 Å². The minimum atomic E-state index is 0.0992. The fraction of sp³-hybridized carbons (Fsp3) is 0.200. The maximum absolute atomic E-state index is 9.03. The zero-order valence-corrected chi connectivity index (χ0v) is 10.4. The number of aliphatic hydroxyl groups is 1. The second kappa shape index (κ2) is 4.19. The van der Waals surface area contributed by atoms with Crippen LogP contribution in [0.15, 0.2) is 22.7 Å². The summed E-state index contributed by atoms with van der Waals surface area (Å²) in [4.78, 5) is 0.979. The second-order valence-electron chi connectivity index (χ2n) is 3.00. The monoisotopic (exact) mass is 290 g/mol. The molecule has 0 radical (unpaired) electrons. The molecule has 0 atom stereocenters. The Bertz CT molecular complexity index is 466. The molecule has 1 N–H and O–H groups in total. The highest BCUT2D eigenvalue weighted by Crippen LogP contribution is 2.33. The molecule has 74 valence electrons. The fourth-order valence-corrected chi connectivity index (χ4v) is 3.20. The van der Waals surface area contributed by atoms with E-state index in [-0.39, 0.29) is 6.61 Å². The Kier molecular flexibility index (Phi) is 3.12. The third-order valence-corrected chi connectivity index (χ3v) is 4.36. The average Bonchev–Trinajstić information content (AvgIpc) is 2.61. The van der Waals surface area contributed by atoms with Crippen LogP contribution in [-0.2, 0) is 12.5 Å². The molecule has 1 aromatic carbocycles. The highest BCUT2D eigenvalue weighted by Gasteiger charge is 2.06. The van der Waals surface area contributed by atoms with E-state index in [9.17, 15) is 0 Å². The molecular formula is C10H8BrClOS. The summed E-state index contributed by atoms with van der Waals surface area (Å²) in [6.45, 7) is 0.0992. The molecule has 0 aliphatic carbocycles. The minimum absolute atomic E-state index is 0.0992. The van der Waals surface area contributed by atoms with Gasteiger partial charge in [-0.15, -0.1) is 22.9 Å². The first-order chi connectivity index (χ1) is 6.74. The van der Waals surface area contributed by atoms with Crippen molar-refractivity contribution in [2.75, 3.05) is 0 Å². The number of hydrogen-bond donors (Lipinski definition) is 1. The zero-order valence-electron chi connectivity index (χ0n) is 7.26. The smallest absolute Gasteiger partial charge is 0.0774 e. The van der Waals surface area contributed by atoms with Crippen LogP contribution in [0.4, 0.5) is 0 Å². The van der Waals surface area contributed by atoms with Crippen molar-refractivity contribution in [3.63, 3.8) is 0 Å². The summed E-state index contributed by atoms with van der Waals surface area (Å²) in [5.41, 5.74) is 1.09. The van der Waals surface area contributed by atoms with E-state index in [1.165, 1.54) is 4.70 Å². The van der Waals surface area contributed by atoms with E-state index in [4.69, 9.17) is 16.7 Å². The molecule has 0 amide bonds. The van der Waals surface area contributed by atoms with E-state index in [1.807, 2.05) is 12.1 Å². The van der Waals surface area contributed by atoms with Crippen molar-refractivity contribution in [1.82, 2.24) is 0 Å².